The molecule has 1 N–H and O–H groups in total. The minimum Gasteiger partial charge on any atom is -0.491 e. The molecule has 0 saturated carbocycles. The van der Waals surface area contributed by atoms with Crippen LogP contribution in [-0.2, 0) is 14.6 Å². The Kier molecular flexibility index (Phi) is 5.48. The van der Waals surface area contributed by atoms with Crippen LogP contribution in [0.5, 0.6) is 5.75 Å². The molecule has 8 heteroatoms. The molecule has 0 bridgehead atoms. The van der Waals surface area contributed by atoms with Crippen LogP contribution >= 0.6 is 0 Å². The number of hydrogen-bond donors (Lipinski definition) is 1. The van der Waals surface area contributed by atoms with E-state index in [1.54, 1.807) is 0 Å². The number of nitrogens with zero attached hydrogens (tertiary/aromatic N) is 1. The predicted molar refractivity (Wildman–Crippen MR) is 89.8 cm³/mol. The second-order valence-electron chi connectivity index (χ2n) is 6.03. The van der Waals surface area contributed by atoms with Gasteiger partial charge in [-0.25, -0.2) is 13.2 Å². The third kappa shape index (κ3) is 4.70. The van der Waals surface area contributed by atoms with Gasteiger partial charge in [0, 0.05) is 6.26 Å². The van der Waals surface area contributed by atoms with Crippen molar-refractivity contribution >= 4 is 21.8 Å². The molecular weight excluding hydrogens is 332 g/mol. The maximum atomic E-state index is 12.2. The Hall–Kier alpha value is -2.09. The molecular formula is C16H22N2O5S. The molecule has 0 unspecified atom stereocenters. The highest BCUT2D eigenvalue weighted by Gasteiger charge is 2.37. The maximum absolute atomic E-state index is 12.2. The predicted octanol–water partition coefficient (Wildman–Crippen LogP) is 1.04. The lowest BCUT2D eigenvalue weighted by molar-refractivity contribution is -0.127. The second kappa shape index (κ2) is 7.21. The lowest BCUT2D eigenvalue weighted by atomic mass is 10.1. The van der Waals surface area contributed by atoms with Crippen LogP contribution < -0.4 is 10.1 Å². The highest BCUT2D eigenvalue weighted by atomic mass is 32.2. The number of hydrogen-bond acceptors (Lipinski definition) is 5. The molecule has 1 aromatic rings. The molecule has 0 radical (unpaired) electrons. The van der Waals surface area contributed by atoms with E-state index in [-0.39, 0.29) is 25.3 Å². The summed E-state index contributed by atoms with van der Waals surface area (Å²) in [6.45, 7) is 4.18. The number of aryl methyl sites for hydroxylation is 2. The van der Waals surface area contributed by atoms with Gasteiger partial charge in [0.15, 0.2) is 0 Å². The van der Waals surface area contributed by atoms with E-state index in [0.717, 1.165) is 28.0 Å². The molecule has 1 aliphatic heterocycles. The molecule has 132 valence electrons. The van der Waals surface area contributed by atoms with E-state index >= 15 is 0 Å². The summed E-state index contributed by atoms with van der Waals surface area (Å²) in [7, 11) is -3.18. The zero-order valence-electron chi connectivity index (χ0n) is 14.0. The zero-order chi connectivity index (χ0) is 17.9. The average molecular weight is 354 g/mol. The Labute approximate surface area is 141 Å². The third-order valence-corrected chi connectivity index (χ3v) is 4.78. The number of ether oxygens (including phenoxy) is 1. The lowest BCUT2D eigenvalue weighted by Crippen LogP contribution is -2.35. The molecule has 0 aliphatic carbocycles. The van der Waals surface area contributed by atoms with Gasteiger partial charge in [0.2, 0.25) is 0 Å². The maximum Gasteiger partial charge on any atom is 0.324 e. The number of amides is 3. The van der Waals surface area contributed by atoms with Crippen molar-refractivity contribution in [3.63, 3.8) is 0 Å². The van der Waals surface area contributed by atoms with Gasteiger partial charge in [0.25, 0.3) is 5.91 Å². The Morgan fingerprint density at radius 3 is 2.62 bits per heavy atom. The third-order valence-electron chi connectivity index (χ3n) is 3.80. The Morgan fingerprint density at radius 2 is 1.96 bits per heavy atom. The van der Waals surface area contributed by atoms with Crippen molar-refractivity contribution in [3.05, 3.63) is 29.3 Å². The first-order valence-electron chi connectivity index (χ1n) is 7.67. The van der Waals surface area contributed by atoms with Gasteiger partial charge >= 0.3 is 6.03 Å². The van der Waals surface area contributed by atoms with E-state index in [2.05, 4.69) is 5.32 Å². The quantitative estimate of drug-likeness (QED) is 0.739. The van der Waals surface area contributed by atoms with Gasteiger partial charge in [-0.05, 0) is 37.5 Å². The lowest BCUT2D eigenvalue weighted by Gasteiger charge is -2.15. The van der Waals surface area contributed by atoms with E-state index in [0.29, 0.717) is 0 Å². The van der Waals surface area contributed by atoms with Crippen molar-refractivity contribution in [2.75, 3.05) is 25.2 Å². The van der Waals surface area contributed by atoms with Crippen LogP contribution in [0.25, 0.3) is 0 Å². The number of carbonyl (C=O) groups is 2. The standard InChI is InChI=1S/C16H22N2O5S/c1-11-4-5-12(2)14(10-11)23-8-7-18-15(19)13(17-16(18)20)6-9-24(3,21)22/h4-5,10,13H,6-9H2,1-3H3,(H,17,20)/t13-/m0/s1. The van der Waals surface area contributed by atoms with Crippen molar-refractivity contribution < 1.29 is 22.7 Å². The summed E-state index contributed by atoms with van der Waals surface area (Å²) in [6, 6.07) is 4.53. The van der Waals surface area contributed by atoms with E-state index in [1.807, 2.05) is 32.0 Å². The number of imide groups is 1. The van der Waals surface area contributed by atoms with Crippen LogP contribution in [-0.4, -0.2) is 56.5 Å². The van der Waals surface area contributed by atoms with E-state index < -0.39 is 27.8 Å². The second-order valence-corrected chi connectivity index (χ2v) is 8.29. The summed E-state index contributed by atoms with van der Waals surface area (Å²) in [4.78, 5) is 25.1. The van der Waals surface area contributed by atoms with E-state index in [9.17, 15) is 18.0 Å². The number of benzene rings is 1. The summed E-state index contributed by atoms with van der Waals surface area (Å²) >= 11 is 0. The van der Waals surface area contributed by atoms with Gasteiger partial charge in [-0.1, -0.05) is 12.1 Å². The van der Waals surface area contributed by atoms with E-state index in [4.69, 9.17) is 4.74 Å². The molecule has 1 saturated heterocycles. The first-order chi connectivity index (χ1) is 11.2. The van der Waals surface area contributed by atoms with Crippen LogP contribution in [0.4, 0.5) is 4.79 Å². The fourth-order valence-electron chi connectivity index (χ4n) is 2.43. The summed E-state index contributed by atoms with van der Waals surface area (Å²) in [5.74, 6) is 0.167. The Balaban J connectivity index is 1.89. The van der Waals surface area contributed by atoms with Crippen LogP contribution in [0.15, 0.2) is 18.2 Å². The normalized spacial score (nSPS) is 18.0. The average Bonchev–Trinajstić information content (AvgIpc) is 2.75. The number of rotatable bonds is 7. The summed E-state index contributed by atoms with van der Waals surface area (Å²) in [6.07, 6.45) is 1.18. The fraction of sp³-hybridized carbons (Fsp3) is 0.500. The molecule has 1 fully saturated rings. The van der Waals surface area contributed by atoms with Crippen LogP contribution in [0.1, 0.15) is 17.5 Å². The molecule has 1 atom stereocenters. The molecule has 0 spiro atoms. The largest absolute Gasteiger partial charge is 0.491 e. The zero-order valence-corrected chi connectivity index (χ0v) is 14.9. The van der Waals surface area contributed by atoms with Gasteiger partial charge in [-0.3, -0.25) is 9.69 Å². The number of nitrogens with one attached hydrogen (secondary N) is 1. The molecule has 24 heavy (non-hydrogen) atoms. The first-order valence-corrected chi connectivity index (χ1v) is 9.73. The Morgan fingerprint density at radius 1 is 1.25 bits per heavy atom. The number of urea groups is 1. The molecule has 0 aromatic heterocycles. The van der Waals surface area contributed by atoms with Crippen molar-refractivity contribution in [3.8, 4) is 5.75 Å². The minimum atomic E-state index is -3.18. The van der Waals surface area contributed by atoms with Crippen molar-refractivity contribution in [2.24, 2.45) is 0 Å². The summed E-state index contributed by atoms with van der Waals surface area (Å²) in [5.41, 5.74) is 2.04. The van der Waals surface area contributed by atoms with Gasteiger partial charge in [-0.15, -0.1) is 0 Å². The molecule has 1 heterocycles. The number of sulfone groups is 1. The molecule has 1 aliphatic rings. The van der Waals surface area contributed by atoms with Crippen LogP contribution in [0.2, 0.25) is 0 Å². The molecule has 2 rings (SSSR count). The highest BCUT2D eigenvalue weighted by Crippen LogP contribution is 2.19. The van der Waals surface area contributed by atoms with Crippen LogP contribution in [0.3, 0.4) is 0 Å². The minimum absolute atomic E-state index is 0.0811. The molecule has 1 aromatic carbocycles. The first kappa shape index (κ1) is 18.3. The van der Waals surface area contributed by atoms with Crippen molar-refractivity contribution in [1.29, 1.82) is 0 Å². The van der Waals surface area contributed by atoms with Crippen LogP contribution in [0, 0.1) is 13.8 Å². The van der Waals surface area contributed by atoms with E-state index in [1.165, 1.54) is 0 Å². The smallest absolute Gasteiger partial charge is 0.324 e. The van der Waals surface area contributed by atoms with Gasteiger partial charge in [0.05, 0.1) is 12.3 Å². The van der Waals surface area contributed by atoms with Crippen molar-refractivity contribution in [2.45, 2.75) is 26.3 Å². The Bertz CT molecular complexity index is 745. The summed E-state index contributed by atoms with van der Waals surface area (Å²) in [5, 5.41) is 2.51. The van der Waals surface area contributed by atoms with Gasteiger partial charge in [0.1, 0.15) is 28.2 Å². The molecule has 3 amide bonds. The topological polar surface area (TPSA) is 92.8 Å². The fourth-order valence-corrected chi connectivity index (χ4v) is 3.09. The summed E-state index contributed by atoms with van der Waals surface area (Å²) < 4.78 is 28.0. The monoisotopic (exact) mass is 354 g/mol. The highest BCUT2D eigenvalue weighted by molar-refractivity contribution is 7.90. The SMILES string of the molecule is Cc1ccc(C)c(OCCN2C(=O)N[C@@H](CCS(C)(=O)=O)C2=O)c1. The molecule has 7 nitrogen and oxygen atoms in total. The van der Waals surface area contributed by atoms with Crippen molar-refractivity contribution in [1.82, 2.24) is 10.2 Å². The van der Waals surface area contributed by atoms with Gasteiger partial charge in [-0.2, -0.15) is 0 Å². The number of carbonyl (C=O) groups excluding carboxylic acids is 2. The van der Waals surface area contributed by atoms with Gasteiger partial charge < -0.3 is 10.1 Å².